The topological polar surface area (TPSA) is 38.3 Å². The summed E-state index contributed by atoms with van der Waals surface area (Å²) < 4.78 is 31.3. The van der Waals surface area contributed by atoms with Crippen molar-refractivity contribution in [3.05, 3.63) is 29.3 Å². The molecule has 0 aliphatic heterocycles. The molecule has 0 atom stereocenters. The van der Waals surface area contributed by atoms with Gasteiger partial charge in [-0.1, -0.05) is 26.2 Å². The molecular formula is C14H19F2NO2. The lowest BCUT2D eigenvalue weighted by Crippen LogP contribution is -2.09. The van der Waals surface area contributed by atoms with E-state index in [1.807, 2.05) is 0 Å². The maximum Gasteiger partial charge on any atom is 0.340 e. The number of nitrogens with one attached hydrogen (secondary N) is 1. The Labute approximate surface area is 112 Å². The number of unbranched alkanes of at least 4 members (excludes halogenated alkanes) is 3. The minimum Gasteiger partial charge on any atom is -0.465 e. The van der Waals surface area contributed by atoms with Gasteiger partial charge in [0, 0.05) is 12.6 Å². The molecule has 0 fully saturated rings. The van der Waals surface area contributed by atoms with Crippen LogP contribution in [-0.2, 0) is 4.74 Å². The van der Waals surface area contributed by atoms with E-state index in [-0.39, 0.29) is 11.3 Å². The highest BCUT2D eigenvalue weighted by molar-refractivity contribution is 5.90. The van der Waals surface area contributed by atoms with E-state index >= 15 is 0 Å². The molecular weight excluding hydrogens is 252 g/mol. The quantitative estimate of drug-likeness (QED) is 0.606. The number of hydrogen-bond acceptors (Lipinski definition) is 3. The van der Waals surface area contributed by atoms with Gasteiger partial charge in [0.2, 0.25) is 0 Å². The maximum atomic E-state index is 13.5. The van der Waals surface area contributed by atoms with Crippen molar-refractivity contribution in [1.29, 1.82) is 0 Å². The van der Waals surface area contributed by atoms with Gasteiger partial charge in [0.05, 0.1) is 18.4 Å². The van der Waals surface area contributed by atoms with Gasteiger partial charge < -0.3 is 10.1 Å². The summed E-state index contributed by atoms with van der Waals surface area (Å²) in [4.78, 5) is 11.3. The number of carbonyl (C=O) groups excluding carboxylic acids is 1. The molecule has 0 aliphatic carbocycles. The Morgan fingerprint density at radius 3 is 2.58 bits per heavy atom. The first-order chi connectivity index (χ1) is 9.10. The van der Waals surface area contributed by atoms with E-state index in [4.69, 9.17) is 0 Å². The van der Waals surface area contributed by atoms with Gasteiger partial charge in [-0.25, -0.2) is 13.6 Å². The van der Waals surface area contributed by atoms with Gasteiger partial charge in [-0.2, -0.15) is 0 Å². The first-order valence-electron chi connectivity index (χ1n) is 6.41. The van der Waals surface area contributed by atoms with Gasteiger partial charge in [-0.15, -0.1) is 0 Å². The Hall–Kier alpha value is -1.65. The molecule has 0 aliphatic rings. The highest BCUT2D eigenvalue weighted by Crippen LogP contribution is 2.20. The SMILES string of the molecule is CCCCCCNc1cc(C(=O)OC)c(F)cc1F. The number of methoxy groups -OCH3 is 1. The summed E-state index contributed by atoms with van der Waals surface area (Å²) in [5, 5.41) is 2.87. The third-order valence-corrected chi connectivity index (χ3v) is 2.81. The van der Waals surface area contributed by atoms with Crippen molar-refractivity contribution in [2.24, 2.45) is 0 Å². The fraction of sp³-hybridized carbons (Fsp3) is 0.500. The molecule has 19 heavy (non-hydrogen) atoms. The highest BCUT2D eigenvalue weighted by atomic mass is 19.1. The lowest BCUT2D eigenvalue weighted by molar-refractivity contribution is 0.0595. The fourth-order valence-electron chi connectivity index (χ4n) is 1.73. The van der Waals surface area contributed by atoms with Crippen LogP contribution in [0, 0.1) is 11.6 Å². The molecule has 1 rings (SSSR count). The maximum absolute atomic E-state index is 13.5. The molecule has 0 spiro atoms. The van der Waals surface area contributed by atoms with Gasteiger partial charge in [0.25, 0.3) is 0 Å². The van der Waals surface area contributed by atoms with Gasteiger partial charge in [0.1, 0.15) is 11.6 Å². The van der Waals surface area contributed by atoms with E-state index in [0.29, 0.717) is 12.6 Å². The van der Waals surface area contributed by atoms with E-state index in [1.165, 1.54) is 0 Å². The van der Waals surface area contributed by atoms with Crippen LogP contribution in [0.3, 0.4) is 0 Å². The fourth-order valence-corrected chi connectivity index (χ4v) is 1.73. The van der Waals surface area contributed by atoms with Crippen LogP contribution in [0.15, 0.2) is 12.1 Å². The highest BCUT2D eigenvalue weighted by Gasteiger charge is 2.16. The first kappa shape index (κ1) is 15.4. The molecule has 0 bridgehead atoms. The van der Waals surface area contributed by atoms with Gasteiger partial charge in [0.15, 0.2) is 0 Å². The largest absolute Gasteiger partial charge is 0.465 e. The van der Waals surface area contributed by atoms with Crippen LogP contribution in [-0.4, -0.2) is 19.6 Å². The van der Waals surface area contributed by atoms with Crippen LogP contribution < -0.4 is 5.32 Å². The minimum absolute atomic E-state index is 0.123. The lowest BCUT2D eigenvalue weighted by Gasteiger charge is -2.09. The summed E-state index contributed by atoms with van der Waals surface area (Å²) in [6.45, 7) is 2.69. The summed E-state index contributed by atoms with van der Waals surface area (Å²) in [6, 6.07) is 1.84. The average Bonchev–Trinajstić information content (AvgIpc) is 2.39. The smallest absolute Gasteiger partial charge is 0.340 e. The van der Waals surface area contributed by atoms with E-state index in [0.717, 1.165) is 38.9 Å². The van der Waals surface area contributed by atoms with Crippen LogP contribution >= 0.6 is 0 Å². The van der Waals surface area contributed by atoms with Crippen LogP contribution in [0.2, 0.25) is 0 Å². The third-order valence-electron chi connectivity index (χ3n) is 2.81. The lowest BCUT2D eigenvalue weighted by atomic mass is 10.1. The van der Waals surface area contributed by atoms with Crippen molar-refractivity contribution in [2.75, 3.05) is 19.0 Å². The van der Waals surface area contributed by atoms with E-state index in [1.54, 1.807) is 0 Å². The zero-order chi connectivity index (χ0) is 14.3. The zero-order valence-corrected chi connectivity index (χ0v) is 11.3. The molecule has 106 valence electrons. The predicted molar refractivity (Wildman–Crippen MR) is 70.3 cm³/mol. The van der Waals surface area contributed by atoms with Crippen molar-refractivity contribution >= 4 is 11.7 Å². The molecule has 0 heterocycles. The Balaban J connectivity index is 2.69. The predicted octanol–water partition coefficient (Wildman–Crippen LogP) is 3.74. The number of carbonyl (C=O) groups is 1. The van der Waals surface area contributed by atoms with E-state index < -0.39 is 17.6 Å². The third kappa shape index (κ3) is 4.50. The normalized spacial score (nSPS) is 10.3. The molecule has 0 saturated heterocycles. The van der Waals surface area contributed by atoms with Crippen LogP contribution in [0.1, 0.15) is 43.0 Å². The van der Waals surface area contributed by atoms with Crippen molar-refractivity contribution in [3.63, 3.8) is 0 Å². The standard InChI is InChI=1S/C14H19F2NO2/c1-3-4-5-6-7-17-13-8-10(14(18)19-2)11(15)9-12(13)16/h8-9,17H,3-7H2,1-2H3. The molecule has 1 aromatic carbocycles. The summed E-state index contributed by atoms with van der Waals surface area (Å²) in [6.07, 6.45) is 4.20. The minimum atomic E-state index is -0.916. The number of benzene rings is 1. The summed E-state index contributed by atoms with van der Waals surface area (Å²) in [5.74, 6) is -2.44. The van der Waals surface area contributed by atoms with Gasteiger partial charge in [-0.3, -0.25) is 0 Å². The Morgan fingerprint density at radius 2 is 1.95 bits per heavy atom. The number of halogens is 2. The Bertz CT molecular complexity index is 436. The summed E-state index contributed by atoms with van der Waals surface area (Å²) in [7, 11) is 1.16. The molecule has 0 saturated carbocycles. The average molecular weight is 271 g/mol. The second kappa shape index (κ2) is 7.71. The molecule has 1 aromatic rings. The molecule has 0 unspecified atom stereocenters. The second-order valence-corrected chi connectivity index (χ2v) is 4.29. The number of ether oxygens (including phenoxy) is 1. The number of hydrogen-bond donors (Lipinski definition) is 1. The molecule has 5 heteroatoms. The van der Waals surface area contributed by atoms with Crippen LogP contribution in [0.25, 0.3) is 0 Å². The summed E-state index contributed by atoms with van der Waals surface area (Å²) >= 11 is 0. The number of rotatable bonds is 7. The monoisotopic (exact) mass is 271 g/mol. The van der Waals surface area contributed by atoms with Crippen LogP contribution in [0.5, 0.6) is 0 Å². The van der Waals surface area contributed by atoms with E-state index in [9.17, 15) is 13.6 Å². The molecule has 0 amide bonds. The van der Waals surface area contributed by atoms with Gasteiger partial charge in [-0.05, 0) is 12.5 Å². The van der Waals surface area contributed by atoms with Crippen molar-refractivity contribution < 1.29 is 18.3 Å². The molecule has 0 aromatic heterocycles. The molecule has 0 radical (unpaired) electrons. The summed E-state index contributed by atoms with van der Waals surface area (Å²) in [5.41, 5.74) is -0.141. The van der Waals surface area contributed by atoms with Gasteiger partial charge >= 0.3 is 5.97 Å². The van der Waals surface area contributed by atoms with Crippen molar-refractivity contribution in [3.8, 4) is 0 Å². The van der Waals surface area contributed by atoms with Crippen molar-refractivity contribution in [1.82, 2.24) is 0 Å². The Morgan fingerprint density at radius 1 is 1.21 bits per heavy atom. The molecule has 3 nitrogen and oxygen atoms in total. The molecule has 1 N–H and O–H groups in total. The number of esters is 1. The van der Waals surface area contributed by atoms with Crippen LogP contribution in [0.4, 0.5) is 14.5 Å². The van der Waals surface area contributed by atoms with E-state index in [2.05, 4.69) is 17.0 Å². The Kier molecular flexibility index (Phi) is 6.25. The zero-order valence-electron chi connectivity index (χ0n) is 11.3. The number of anilines is 1. The van der Waals surface area contributed by atoms with Crippen molar-refractivity contribution in [2.45, 2.75) is 32.6 Å². The first-order valence-corrected chi connectivity index (χ1v) is 6.41. The second-order valence-electron chi connectivity index (χ2n) is 4.29.